The molecule has 2 atom stereocenters. The number of carbonyl (C=O) groups excluding carboxylic acids is 1. The molecule has 2 aliphatic rings. The van der Waals surface area contributed by atoms with Crippen LogP contribution in [-0.4, -0.2) is 54.0 Å². The molecule has 4 nitrogen and oxygen atoms in total. The van der Waals surface area contributed by atoms with E-state index in [2.05, 4.69) is 33.9 Å². The molecule has 1 amide bonds. The lowest BCUT2D eigenvalue weighted by Gasteiger charge is -2.41. The number of benzene rings is 1. The molecule has 1 aliphatic heterocycles. The highest BCUT2D eigenvalue weighted by Crippen LogP contribution is 2.36. The maximum Gasteiger partial charge on any atom is 0.255 e. The van der Waals surface area contributed by atoms with Crippen LogP contribution in [0.2, 0.25) is 0 Å². The minimum absolute atomic E-state index is 0.0873. The summed E-state index contributed by atoms with van der Waals surface area (Å²) in [6, 6.07) is 8.29. The molecule has 0 radical (unpaired) electrons. The average Bonchev–Trinajstić information content (AvgIpc) is 3.13. The van der Waals surface area contributed by atoms with Crippen LogP contribution in [0.25, 0.3) is 10.9 Å². The Morgan fingerprint density at radius 3 is 2.52 bits per heavy atom. The van der Waals surface area contributed by atoms with Gasteiger partial charge in [-0.2, -0.15) is 0 Å². The van der Waals surface area contributed by atoms with Crippen molar-refractivity contribution in [3.8, 4) is 0 Å². The van der Waals surface area contributed by atoms with Crippen molar-refractivity contribution in [2.45, 2.75) is 58.9 Å². The van der Waals surface area contributed by atoms with Gasteiger partial charge in [-0.05, 0) is 50.3 Å². The summed E-state index contributed by atoms with van der Waals surface area (Å²) in [6.07, 6.45) is 10.4. The quantitative estimate of drug-likeness (QED) is 0.687. The van der Waals surface area contributed by atoms with E-state index in [-0.39, 0.29) is 5.91 Å². The second kappa shape index (κ2) is 10.3. The van der Waals surface area contributed by atoms with E-state index in [1.54, 1.807) is 4.90 Å². The molecule has 2 unspecified atom stereocenters. The Morgan fingerprint density at radius 2 is 1.76 bits per heavy atom. The van der Waals surface area contributed by atoms with Gasteiger partial charge in [-0.3, -0.25) is 4.79 Å². The van der Waals surface area contributed by atoms with Crippen LogP contribution in [0.15, 0.2) is 30.5 Å². The van der Waals surface area contributed by atoms with E-state index in [1.807, 2.05) is 34.0 Å². The molecule has 4 rings (SSSR count). The molecule has 2 fully saturated rings. The molecular formula is C25H39N3O. The molecule has 1 saturated heterocycles. The molecule has 2 aromatic rings. The Bertz CT molecular complexity index is 794. The lowest BCUT2D eigenvalue weighted by Crippen LogP contribution is -2.42. The molecule has 1 aromatic heterocycles. The van der Waals surface area contributed by atoms with E-state index in [0.717, 1.165) is 35.8 Å². The number of aryl methyl sites for hydroxylation is 1. The third kappa shape index (κ3) is 5.03. The van der Waals surface area contributed by atoms with Crippen molar-refractivity contribution < 1.29 is 4.79 Å². The van der Waals surface area contributed by atoms with Crippen LogP contribution in [0.1, 0.15) is 62.7 Å². The molecular weight excluding hydrogens is 358 g/mol. The monoisotopic (exact) mass is 397 g/mol. The number of para-hydroxylation sites is 1. The highest BCUT2D eigenvalue weighted by Gasteiger charge is 2.30. The van der Waals surface area contributed by atoms with E-state index < -0.39 is 0 Å². The molecule has 1 aromatic carbocycles. The highest BCUT2D eigenvalue weighted by atomic mass is 16.2. The minimum atomic E-state index is 0.0873. The van der Waals surface area contributed by atoms with Crippen LogP contribution in [-0.2, 0) is 6.54 Å². The van der Waals surface area contributed by atoms with Crippen LogP contribution in [0.4, 0.5) is 0 Å². The summed E-state index contributed by atoms with van der Waals surface area (Å²) in [7, 11) is 3.65. The highest BCUT2D eigenvalue weighted by molar-refractivity contribution is 6.06. The second-order valence-electron chi connectivity index (χ2n) is 8.70. The van der Waals surface area contributed by atoms with Gasteiger partial charge >= 0.3 is 0 Å². The summed E-state index contributed by atoms with van der Waals surface area (Å²) >= 11 is 0. The van der Waals surface area contributed by atoms with Crippen molar-refractivity contribution in [2.24, 2.45) is 11.8 Å². The molecule has 1 aliphatic carbocycles. The van der Waals surface area contributed by atoms with E-state index in [1.165, 1.54) is 57.3 Å². The van der Waals surface area contributed by atoms with Gasteiger partial charge in [0.2, 0.25) is 0 Å². The summed E-state index contributed by atoms with van der Waals surface area (Å²) in [5.74, 6) is 2.04. The van der Waals surface area contributed by atoms with Gasteiger partial charge in [0.1, 0.15) is 0 Å². The predicted octanol–water partition coefficient (Wildman–Crippen LogP) is 5.27. The Labute approximate surface area is 176 Å². The fourth-order valence-electron chi connectivity index (χ4n) is 5.19. The number of fused-ring (bicyclic) bond motifs is 2. The van der Waals surface area contributed by atoms with Gasteiger partial charge in [0.05, 0.1) is 5.56 Å². The summed E-state index contributed by atoms with van der Waals surface area (Å²) in [5, 5.41) is 1.07. The third-order valence-electron chi connectivity index (χ3n) is 6.67. The van der Waals surface area contributed by atoms with Gasteiger partial charge in [-0.25, -0.2) is 0 Å². The summed E-state index contributed by atoms with van der Waals surface area (Å²) in [6.45, 7) is 8.73. The first-order valence-electron chi connectivity index (χ1n) is 11.7. The second-order valence-corrected chi connectivity index (χ2v) is 8.70. The lowest BCUT2D eigenvalue weighted by molar-refractivity contribution is 0.0828. The number of piperidine rings is 1. The summed E-state index contributed by atoms with van der Waals surface area (Å²) < 4.78 is 2.28. The largest absolute Gasteiger partial charge is 0.347 e. The van der Waals surface area contributed by atoms with Crippen molar-refractivity contribution >= 4 is 16.8 Å². The van der Waals surface area contributed by atoms with Crippen LogP contribution < -0.4 is 0 Å². The SMILES string of the molecule is CC.CN(C)C(=O)c1cn(CCCN2CCC3CCCCC3C2)c2ccccc12. The minimum Gasteiger partial charge on any atom is -0.347 e. The fraction of sp³-hybridized carbons (Fsp3) is 0.640. The van der Waals surface area contributed by atoms with Gasteiger partial charge in [-0.1, -0.05) is 51.3 Å². The number of rotatable bonds is 5. The van der Waals surface area contributed by atoms with E-state index in [9.17, 15) is 4.79 Å². The van der Waals surface area contributed by atoms with Crippen molar-refractivity contribution in [1.29, 1.82) is 0 Å². The van der Waals surface area contributed by atoms with Crippen LogP contribution in [0, 0.1) is 11.8 Å². The van der Waals surface area contributed by atoms with Crippen LogP contribution in [0.3, 0.4) is 0 Å². The number of carbonyl (C=O) groups is 1. The molecule has 4 heteroatoms. The number of aromatic nitrogens is 1. The zero-order valence-electron chi connectivity index (χ0n) is 18.9. The first-order chi connectivity index (χ1) is 14.1. The standard InChI is InChI=1S/C23H33N3O.C2H6/c1-24(2)23(27)21-17-26(22-11-6-5-10-20(21)22)14-7-13-25-15-12-18-8-3-4-9-19(18)16-25;1-2/h5-6,10-11,17-19H,3-4,7-9,12-16H2,1-2H3;1-2H3. The van der Waals surface area contributed by atoms with Crippen molar-refractivity contribution in [3.63, 3.8) is 0 Å². The number of hydrogen-bond acceptors (Lipinski definition) is 2. The molecule has 29 heavy (non-hydrogen) atoms. The Kier molecular flexibility index (Phi) is 7.77. The fourth-order valence-corrected chi connectivity index (χ4v) is 5.19. The Morgan fingerprint density at radius 1 is 1.03 bits per heavy atom. The molecule has 1 saturated carbocycles. The topological polar surface area (TPSA) is 28.5 Å². The smallest absolute Gasteiger partial charge is 0.255 e. The molecule has 160 valence electrons. The number of amides is 1. The van der Waals surface area contributed by atoms with Gasteiger partial charge in [0.15, 0.2) is 0 Å². The van der Waals surface area contributed by atoms with E-state index in [0.29, 0.717) is 0 Å². The maximum absolute atomic E-state index is 12.5. The number of nitrogens with zero attached hydrogens (tertiary/aromatic N) is 3. The van der Waals surface area contributed by atoms with Crippen molar-refractivity contribution in [3.05, 3.63) is 36.0 Å². The average molecular weight is 398 g/mol. The predicted molar refractivity (Wildman–Crippen MR) is 122 cm³/mol. The maximum atomic E-state index is 12.5. The van der Waals surface area contributed by atoms with E-state index >= 15 is 0 Å². The third-order valence-corrected chi connectivity index (χ3v) is 6.67. The van der Waals surface area contributed by atoms with Gasteiger partial charge in [-0.15, -0.1) is 0 Å². The molecule has 0 spiro atoms. The molecule has 0 bridgehead atoms. The Hall–Kier alpha value is -1.81. The summed E-state index contributed by atoms with van der Waals surface area (Å²) in [4.78, 5) is 16.9. The molecule has 0 N–H and O–H groups in total. The normalized spacial score (nSPS) is 21.9. The first-order valence-corrected chi connectivity index (χ1v) is 11.7. The zero-order chi connectivity index (χ0) is 20.8. The van der Waals surface area contributed by atoms with Crippen LogP contribution in [0.5, 0.6) is 0 Å². The zero-order valence-corrected chi connectivity index (χ0v) is 18.9. The number of hydrogen-bond donors (Lipinski definition) is 0. The Balaban J connectivity index is 0.00000117. The number of likely N-dealkylation sites (tertiary alicyclic amines) is 1. The van der Waals surface area contributed by atoms with Gasteiger partial charge < -0.3 is 14.4 Å². The van der Waals surface area contributed by atoms with Crippen molar-refractivity contribution in [2.75, 3.05) is 33.7 Å². The van der Waals surface area contributed by atoms with Crippen LogP contribution >= 0.6 is 0 Å². The molecule has 2 heterocycles. The summed E-state index contributed by atoms with van der Waals surface area (Å²) in [5.41, 5.74) is 1.99. The first kappa shape index (κ1) is 21.9. The van der Waals surface area contributed by atoms with Crippen molar-refractivity contribution in [1.82, 2.24) is 14.4 Å². The van der Waals surface area contributed by atoms with Gasteiger partial charge in [0, 0.05) is 44.3 Å². The van der Waals surface area contributed by atoms with E-state index in [4.69, 9.17) is 0 Å². The van der Waals surface area contributed by atoms with Gasteiger partial charge in [0.25, 0.3) is 5.91 Å². The lowest BCUT2D eigenvalue weighted by atomic mass is 9.75.